The smallest absolute Gasteiger partial charge is 0.303 e. The van der Waals surface area contributed by atoms with Crippen molar-refractivity contribution < 1.29 is 24.6 Å². The number of carbonyl (C=O) groups is 3. The van der Waals surface area contributed by atoms with Gasteiger partial charge in [-0.25, -0.2) is 0 Å². The van der Waals surface area contributed by atoms with E-state index in [1.807, 2.05) is 18.2 Å². The van der Waals surface area contributed by atoms with Gasteiger partial charge in [-0.05, 0) is 42.9 Å². The second-order valence-electron chi connectivity index (χ2n) is 7.24. The third-order valence-electron chi connectivity index (χ3n) is 5.50. The van der Waals surface area contributed by atoms with Gasteiger partial charge in [0.05, 0.1) is 0 Å². The number of primary amides is 1. The van der Waals surface area contributed by atoms with Crippen LogP contribution in [-0.2, 0) is 16.1 Å². The van der Waals surface area contributed by atoms with E-state index in [9.17, 15) is 19.5 Å². The molecular weight excluding hydrogens is 350 g/mol. The molecule has 0 saturated carbocycles. The molecule has 2 aliphatic heterocycles. The first-order valence-electron chi connectivity index (χ1n) is 9.21. The first-order valence-corrected chi connectivity index (χ1v) is 9.21. The lowest BCUT2D eigenvalue weighted by Gasteiger charge is -2.33. The highest BCUT2D eigenvalue weighted by Gasteiger charge is 2.36. The van der Waals surface area contributed by atoms with Crippen LogP contribution >= 0.6 is 0 Å². The fraction of sp³-hybridized carbons (Fsp3) is 0.526. The van der Waals surface area contributed by atoms with Crippen molar-refractivity contribution in [2.75, 3.05) is 24.6 Å². The molecule has 0 aromatic heterocycles. The van der Waals surface area contributed by atoms with Crippen molar-refractivity contribution in [3.05, 3.63) is 29.3 Å². The van der Waals surface area contributed by atoms with Crippen LogP contribution in [0.4, 0.5) is 5.69 Å². The van der Waals surface area contributed by atoms with Gasteiger partial charge >= 0.3 is 5.97 Å². The maximum Gasteiger partial charge on any atom is 0.303 e. The number of piperidine rings is 1. The SMILES string of the molecule is NC(=O)C(CCC(=O)O)N1Cc2ccc(N3CCC(CO)CC3)cc2C1=O. The van der Waals surface area contributed by atoms with Crippen LogP contribution < -0.4 is 10.6 Å². The molecule has 1 atom stereocenters. The molecule has 3 rings (SSSR count). The Morgan fingerprint density at radius 1 is 1.26 bits per heavy atom. The Morgan fingerprint density at radius 2 is 1.96 bits per heavy atom. The summed E-state index contributed by atoms with van der Waals surface area (Å²) >= 11 is 0. The van der Waals surface area contributed by atoms with Gasteiger partial charge in [0, 0.05) is 43.9 Å². The minimum absolute atomic E-state index is 0.00588. The van der Waals surface area contributed by atoms with Crippen LogP contribution in [0.2, 0.25) is 0 Å². The van der Waals surface area contributed by atoms with Gasteiger partial charge in [-0.15, -0.1) is 0 Å². The molecule has 0 aliphatic carbocycles. The van der Waals surface area contributed by atoms with Crippen LogP contribution in [0, 0.1) is 5.92 Å². The maximum absolute atomic E-state index is 12.8. The zero-order chi connectivity index (χ0) is 19.6. The van der Waals surface area contributed by atoms with Gasteiger partial charge in [0.2, 0.25) is 5.91 Å². The number of anilines is 1. The summed E-state index contributed by atoms with van der Waals surface area (Å²) in [5.74, 6) is -1.67. The summed E-state index contributed by atoms with van der Waals surface area (Å²) in [4.78, 5) is 39.0. The number of hydrogen-bond donors (Lipinski definition) is 3. The second-order valence-corrected chi connectivity index (χ2v) is 7.24. The number of rotatable bonds is 7. The summed E-state index contributed by atoms with van der Waals surface area (Å²) in [6.07, 6.45) is 1.60. The van der Waals surface area contributed by atoms with Crippen molar-refractivity contribution in [2.45, 2.75) is 38.3 Å². The molecular formula is C19H25N3O5. The molecule has 1 saturated heterocycles. The lowest BCUT2D eigenvalue weighted by atomic mass is 9.97. The standard InChI is InChI=1S/C19H25N3O5/c20-18(26)16(3-4-17(24)25)22-10-13-1-2-14(9-15(13)19(22)27)21-7-5-12(11-23)6-8-21/h1-2,9,12,16,23H,3-8,10-11H2,(H2,20,26)(H,24,25). The Bertz CT molecular complexity index is 743. The Balaban J connectivity index is 1.75. The van der Waals surface area contributed by atoms with E-state index in [0.717, 1.165) is 37.2 Å². The molecule has 1 fully saturated rings. The zero-order valence-electron chi connectivity index (χ0n) is 15.1. The zero-order valence-corrected chi connectivity index (χ0v) is 15.1. The molecule has 8 nitrogen and oxygen atoms in total. The van der Waals surface area contributed by atoms with E-state index < -0.39 is 17.9 Å². The minimum Gasteiger partial charge on any atom is -0.481 e. The average molecular weight is 375 g/mol. The highest BCUT2D eigenvalue weighted by molar-refractivity contribution is 6.01. The third kappa shape index (κ3) is 4.05. The molecule has 2 heterocycles. The van der Waals surface area contributed by atoms with Gasteiger partial charge in [-0.1, -0.05) is 6.07 Å². The Hall–Kier alpha value is -2.61. The highest BCUT2D eigenvalue weighted by atomic mass is 16.4. The summed E-state index contributed by atoms with van der Waals surface area (Å²) in [7, 11) is 0. The quantitative estimate of drug-likeness (QED) is 0.640. The molecule has 4 N–H and O–H groups in total. The van der Waals surface area contributed by atoms with Crippen molar-refractivity contribution >= 4 is 23.5 Å². The molecule has 1 aromatic rings. The molecule has 146 valence electrons. The lowest BCUT2D eigenvalue weighted by molar-refractivity contribution is -0.137. The van der Waals surface area contributed by atoms with E-state index in [2.05, 4.69) is 4.90 Å². The molecule has 0 spiro atoms. The predicted octanol–water partition coefficient (Wildman–Crippen LogP) is 0.570. The molecule has 2 aliphatic rings. The van der Waals surface area contributed by atoms with Crippen molar-refractivity contribution in [1.29, 1.82) is 0 Å². The van der Waals surface area contributed by atoms with E-state index in [0.29, 0.717) is 11.5 Å². The van der Waals surface area contributed by atoms with Crippen molar-refractivity contribution in [1.82, 2.24) is 4.90 Å². The number of benzene rings is 1. The maximum atomic E-state index is 12.8. The Labute approximate surface area is 157 Å². The minimum atomic E-state index is -1.03. The largest absolute Gasteiger partial charge is 0.481 e. The van der Waals surface area contributed by atoms with Gasteiger partial charge in [-0.2, -0.15) is 0 Å². The van der Waals surface area contributed by atoms with E-state index >= 15 is 0 Å². The van der Waals surface area contributed by atoms with Crippen molar-refractivity contribution in [2.24, 2.45) is 11.7 Å². The lowest BCUT2D eigenvalue weighted by Crippen LogP contribution is -2.45. The Kier molecular flexibility index (Phi) is 5.65. The van der Waals surface area contributed by atoms with Gasteiger partial charge in [-0.3, -0.25) is 14.4 Å². The number of amides is 2. The first-order chi connectivity index (χ1) is 12.9. The van der Waals surface area contributed by atoms with Crippen LogP contribution in [0.15, 0.2) is 18.2 Å². The fourth-order valence-electron chi connectivity index (χ4n) is 3.85. The van der Waals surface area contributed by atoms with E-state index in [4.69, 9.17) is 10.8 Å². The topological polar surface area (TPSA) is 124 Å². The summed E-state index contributed by atoms with van der Waals surface area (Å²) in [6.45, 7) is 2.11. The molecule has 1 aromatic carbocycles. The average Bonchev–Trinajstić information content (AvgIpc) is 2.97. The van der Waals surface area contributed by atoms with Gasteiger partial charge in [0.15, 0.2) is 0 Å². The highest BCUT2D eigenvalue weighted by Crippen LogP contribution is 2.31. The summed E-state index contributed by atoms with van der Waals surface area (Å²) < 4.78 is 0. The van der Waals surface area contributed by atoms with E-state index in [-0.39, 0.29) is 31.9 Å². The number of hydrogen-bond acceptors (Lipinski definition) is 5. The predicted molar refractivity (Wildman–Crippen MR) is 98.2 cm³/mol. The van der Waals surface area contributed by atoms with Crippen molar-refractivity contribution in [3.63, 3.8) is 0 Å². The number of carboxylic acids is 1. The number of fused-ring (bicyclic) bond motifs is 1. The summed E-state index contributed by atoms with van der Waals surface area (Å²) in [6, 6.07) is 4.76. The van der Waals surface area contributed by atoms with Crippen LogP contribution in [0.3, 0.4) is 0 Å². The second kappa shape index (κ2) is 7.96. The summed E-state index contributed by atoms with van der Waals surface area (Å²) in [5, 5.41) is 18.1. The van der Waals surface area contributed by atoms with Crippen LogP contribution in [0.25, 0.3) is 0 Å². The number of aliphatic hydroxyl groups is 1. The molecule has 0 radical (unpaired) electrons. The molecule has 8 heteroatoms. The molecule has 0 bridgehead atoms. The fourth-order valence-corrected chi connectivity index (χ4v) is 3.85. The van der Waals surface area contributed by atoms with Gasteiger partial charge in [0.25, 0.3) is 5.91 Å². The number of carbonyl (C=O) groups excluding carboxylic acids is 2. The van der Waals surface area contributed by atoms with Crippen LogP contribution in [0.5, 0.6) is 0 Å². The Morgan fingerprint density at radius 3 is 2.56 bits per heavy atom. The normalized spacial score (nSPS) is 18.5. The number of aliphatic hydroxyl groups excluding tert-OH is 1. The molecule has 1 unspecified atom stereocenters. The number of carboxylic acid groups (broad SMARTS) is 1. The number of aliphatic carboxylic acids is 1. The molecule has 27 heavy (non-hydrogen) atoms. The third-order valence-corrected chi connectivity index (χ3v) is 5.50. The van der Waals surface area contributed by atoms with Crippen LogP contribution in [-0.4, -0.2) is 58.6 Å². The van der Waals surface area contributed by atoms with E-state index in [1.165, 1.54) is 4.90 Å². The van der Waals surface area contributed by atoms with E-state index in [1.54, 1.807) is 0 Å². The monoisotopic (exact) mass is 375 g/mol. The van der Waals surface area contributed by atoms with Gasteiger partial charge in [0.1, 0.15) is 6.04 Å². The first kappa shape index (κ1) is 19.2. The number of nitrogens with two attached hydrogens (primary N) is 1. The summed E-state index contributed by atoms with van der Waals surface area (Å²) in [5.41, 5.74) is 7.72. The van der Waals surface area contributed by atoms with Crippen LogP contribution in [0.1, 0.15) is 41.6 Å². The van der Waals surface area contributed by atoms with Gasteiger partial charge < -0.3 is 25.7 Å². The molecule has 2 amide bonds. The number of nitrogens with zero attached hydrogens (tertiary/aromatic N) is 2. The van der Waals surface area contributed by atoms with Crippen molar-refractivity contribution in [3.8, 4) is 0 Å².